The first-order chi connectivity index (χ1) is 8.88. The lowest BCUT2D eigenvalue weighted by Crippen LogP contribution is -2.26. The van der Waals surface area contributed by atoms with Crippen LogP contribution in [0.4, 0.5) is 0 Å². The van der Waals surface area contributed by atoms with Crippen LogP contribution in [-0.2, 0) is 11.0 Å². The smallest absolute Gasteiger partial charge is 0.126 e. The molecule has 0 saturated carbocycles. The van der Waals surface area contributed by atoms with Crippen molar-refractivity contribution in [2.45, 2.75) is 39.2 Å². The summed E-state index contributed by atoms with van der Waals surface area (Å²) in [6, 6.07) is 5.52. The van der Waals surface area contributed by atoms with E-state index in [9.17, 15) is 5.11 Å². The largest absolute Gasteiger partial charge is 0.496 e. The highest BCUT2D eigenvalue weighted by Crippen LogP contribution is 2.27. The fraction of sp³-hybridized carbons (Fsp3) is 0.600. The van der Waals surface area contributed by atoms with Crippen molar-refractivity contribution in [3.63, 3.8) is 0 Å². The van der Waals surface area contributed by atoms with Gasteiger partial charge in [-0.1, -0.05) is 26.8 Å². The molecule has 1 aromatic rings. The average Bonchev–Trinajstić information content (AvgIpc) is 2.37. The van der Waals surface area contributed by atoms with Crippen LogP contribution >= 0.6 is 11.6 Å². The lowest BCUT2D eigenvalue weighted by molar-refractivity contribution is -0.0135. The van der Waals surface area contributed by atoms with Gasteiger partial charge in [-0.2, -0.15) is 0 Å². The first-order valence-corrected chi connectivity index (χ1v) is 6.93. The first-order valence-electron chi connectivity index (χ1n) is 6.40. The molecule has 0 fully saturated rings. The highest BCUT2D eigenvalue weighted by atomic mass is 35.5. The molecule has 3 nitrogen and oxygen atoms in total. The predicted molar refractivity (Wildman–Crippen MR) is 76.6 cm³/mol. The van der Waals surface area contributed by atoms with Crippen LogP contribution in [0.1, 0.15) is 32.8 Å². The molecule has 1 radical (unpaired) electrons. The third kappa shape index (κ3) is 4.92. The van der Waals surface area contributed by atoms with Crippen LogP contribution in [0, 0.1) is 5.41 Å². The molecule has 0 aromatic heterocycles. The number of methoxy groups -OCH3 is 1. The molecule has 0 saturated heterocycles. The summed E-state index contributed by atoms with van der Waals surface area (Å²) in [5.41, 5.74) is 0.691. The maximum absolute atomic E-state index is 11.8. The zero-order chi connectivity index (χ0) is 14.5. The Kier molecular flexibility index (Phi) is 5.95. The standard InChI is InChI=1S/C15H22ClO3/c1-15(2,3)14(17)7-8-19-12-6-5-11(10-16)13(9-12)18-4/h5-6,9,14H,7-8,10H2,1-4H3. The molecular weight excluding hydrogens is 264 g/mol. The van der Waals surface area contributed by atoms with E-state index in [1.807, 2.05) is 32.9 Å². The van der Waals surface area contributed by atoms with E-state index in [0.717, 1.165) is 5.56 Å². The summed E-state index contributed by atoms with van der Waals surface area (Å²) in [5, 5.41) is 11.8. The normalized spacial score (nSPS) is 13.2. The van der Waals surface area contributed by atoms with Crippen molar-refractivity contribution in [1.82, 2.24) is 0 Å². The second-order valence-electron chi connectivity index (χ2n) is 5.60. The van der Waals surface area contributed by atoms with Crippen molar-refractivity contribution in [2.75, 3.05) is 13.7 Å². The summed E-state index contributed by atoms with van der Waals surface area (Å²) in [4.78, 5) is 0. The Balaban J connectivity index is 2.54. The van der Waals surface area contributed by atoms with Crippen LogP contribution < -0.4 is 9.47 Å². The van der Waals surface area contributed by atoms with E-state index in [1.54, 1.807) is 13.2 Å². The Bertz CT molecular complexity index is 399. The Morgan fingerprint density at radius 3 is 2.53 bits per heavy atom. The van der Waals surface area contributed by atoms with Gasteiger partial charge < -0.3 is 9.47 Å². The Hall–Kier alpha value is -0.930. The molecular formula is C15H22ClO3. The highest BCUT2D eigenvalue weighted by Gasteiger charge is 2.23. The fourth-order valence-corrected chi connectivity index (χ4v) is 1.86. The molecule has 0 aliphatic heterocycles. The highest BCUT2D eigenvalue weighted by molar-refractivity contribution is 6.17. The zero-order valence-electron chi connectivity index (χ0n) is 12.0. The van der Waals surface area contributed by atoms with Gasteiger partial charge in [0.05, 0.1) is 19.6 Å². The van der Waals surface area contributed by atoms with Crippen LogP contribution in [0.3, 0.4) is 0 Å². The lowest BCUT2D eigenvalue weighted by atomic mass is 9.87. The summed E-state index contributed by atoms with van der Waals surface area (Å²) in [5.74, 6) is 1.81. The molecule has 0 spiro atoms. The summed E-state index contributed by atoms with van der Waals surface area (Å²) < 4.78 is 10.8. The molecule has 4 heteroatoms. The van der Waals surface area contributed by atoms with Gasteiger partial charge in [0, 0.05) is 18.1 Å². The Morgan fingerprint density at radius 1 is 1.32 bits per heavy atom. The van der Waals surface area contributed by atoms with E-state index >= 15 is 0 Å². The molecule has 0 aliphatic carbocycles. The van der Waals surface area contributed by atoms with Crippen LogP contribution in [0.2, 0.25) is 0 Å². The molecule has 19 heavy (non-hydrogen) atoms. The minimum Gasteiger partial charge on any atom is -0.496 e. The third-order valence-corrected chi connectivity index (χ3v) is 3.31. The zero-order valence-corrected chi connectivity index (χ0v) is 12.8. The van der Waals surface area contributed by atoms with Crippen molar-refractivity contribution in [1.29, 1.82) is 0 Å². The molecule has 1 aromatic carbocycles. The number of hydrogen-bond acceptors (Lipinski definition) is 2. The van der Waals surface area contributed by atoms with Gasteiger partial charge in [0.25, 0.3) is 0 Å². The molecule has 0 N–H and O–H groups in total. The minimum atomic E-state index is -0.628. The molecule has 1 rings (SSSR count). The maximum Gasteiger partial charge on any atom is 0.126 e. The summed E-state index contributed by atoms with van der Waals surface area (Å²) in [7, 11) is 1.60. The van der Waals surface area contributed by atoms with Crippen LogP contribution in [0.25, 0.3) is 0 Å². The monoisotopic (exact) mass is 285 g/mol. The topological polar surface area (TPSA) is 38.4 Å². The van der Waals surface area contributed by atoms with Crippen molar-refractivity contribution in [2.24, 2.45) is 5.41 Å². The van der Waals surface area contributed by atoms with Crippen molar-refractivity contribution in [3.05, 3.63) is 23.8 Å². The second-order valence-corrected chi connectivity index (χ2v) is 5.87. The molecule has 0 aliphatic rings. The average molecular weight is 286 g/mol. The Morgan fingerprint density at radius 2 is 2.00 bits per heavy atom. The summed E-state index contributed by atoms with van der Waals surface area (Å²) in [6.07, 6.45) is -0.139. The molecule has 1 atom stereocenters. The molecule has 1 unspecified atom stereocenters. The van der Waals surface area contributed by atoms with Gasteiger partial charge >= 0.3 is 0 Å². The van der Waals surface area contributed by atoms with Gasteiger partial charge in [0.15, 0.2) is 0 Å². The van der Waals surface area contributed by atoms with E-state index in [4.69, 9.17) is 21.1 Å². The minimum absolute atomic E-state index is 0.233. The van der Waals surface area contributed by atoms with Gasteiger partial charge in [-0.3, -0.25) is 0 Å². The molecule has 0 bridgehead atoms. The van der Waals surface area contributed by atoms with Crippen molar-refractivity contribution >= 4 is 11.6 Å². The quantitative estimate of drug-likeness (QED) is 0.740. The van der Waals surface area contributed by atoms with E-state index in [-0.39, 0.29) is 5.41 Å². The van der Waals surface area contributed by atoms with Crippen molar-refractivity contribution in [3.8, 4) is 11.5 Å². The molecule has 0 amide bonds. The van der Waals surface area contributed by atoms with Crippen LogP contribution in [0.5, 0.6) is 11.5 Å². The van der Waals surface area contributed by atoms with Crippen LogP contribution in [0.15, 0.2) is 18.2 Å². The number of halogens is 1. The van der Waals surface area contributed by atoms with Gasteiger partial charge in [-0.15, -0.1) is 11.6 Å². The number of alkyl halides is 1. The fourth-order valence-electron chi connectivity index (χ4n) is 1.64. The molecule has 107 valence electrons. The van der Waals surface area contributed by atoms with E-state index in [2.05, 4.69) is 0 Å². The number of benzene rings is 1. The molecule has 0 heterocycles. The summed E-state index contributed by atoms with van der Waals surface area (Å²) >= 11 is 5.80. The predicted octanol–water partition coefficient (Wildman–Crippen LogP) is 4.05. The van der Waals surface area contributed by atoms with Gasteiger partial charge in [0.1, 0.15) is 17.6 Å². The maximum atomic E-state index is 11.8. The second kappa shape index (κ2) is 7.01. The van der Waals surface area contributed by atoms with E-state index in [1.165, 1.54) is 0 Å². The number of hydrogen-bond donors (Lipinski definition) is 0. The first kappa shape index (κ1) is 16.1. The van der Waals surface area contributed by atoms with Crippen LogP contribution in [-0.4, -0.2) is 19.8 Å². The third-order valence-electron chi connectivity index (χ3n) is 3.02. The SMILES string of the molecule is COc1cc(OCCC([O])C(C)(C)C)ccc1CCl. The number of ether oxygens (including phenoxy) is 2. The van der Waals surface area contributed by atoms with Gasteiger partial charge in [-0.25, -0.2) is 5.11 Å². The van der Waals surface area contributed by atoms with E-state index in [0.29, 0.717) is 30.4 Å². The van der Waals surface area contributed by atoms with Gasteiger partial charge in [0.2, 0.25) is 0 Å². The lowest BCUT2D eigenvalue weighted by Gasteiger charge is -2.23. The van der Waals surface area contributed by atoms with Gasteiger partial charge in [-0.05, 0) is 11.5 Å². The number of rotatable bonds is 6. The Labute approximate surface area is 120 Å². The van der Waals surface area contributed by atoms with E-state index < -0.39 is 6.10 Å². The summed E-state index contributed by atoms with van der Waals surface area (Å²) in [6.45, 7) is 6.25. The van der Waals surface area contributed by atoms with Crippen molar-refractivity contribution < 1.29 is 14.6 Å².